The van der Waals surface area contributed by atoms with Gasteiger partial charge >= 0.3 is 5.97 Å². The Kier molecular flexibility index (Phi) is 5.02. The zero-order valence-corrected chi connectivity index (χ0v) is 18.4. The molecule has 2 aromatic rings. The maximum Gasteiger partial charge on any atom is 0.317 e. The van der Waals surface area contributed by atoms with Gasteiger partial charge in [0.25, 0.3) is 0 Å². The standard InChI is InChI=1S/C20H18BrClN2O3S/c1-3-26-18(25)16-17-14-10-11(21)4-9-15(14)27-20(16,2)24(19(28)23-17)13-7-5-12(22)6-8-13/h4-10,16-17H,3H2,1-2H3,(H,23,28)/t16-,17+,20+/m1/s1. The Balaban J connectivity index is 1.89. The van der Waals surface area contributed by atoms with Crippen LogP contribution in [-0.4, -0.2) is 23.4 Å². The van der Waals surface area contributed by atoms with Crippen molar-refractivity contribution in [3.05, 3.63) is 57.5 Å². The normalized spacial score (nSPS) is 25.4. The third-order valence-corrected chi connectivity index (χ3v) is 6.13. The molecule has 2 bridgehead atoms. The summed E-state index contributed by atoms with van der Waals surface area (Å²) >= 11 is 15.2. The zero-order chi connectivity index (χ0) is 20.1. The van der Waals surface area contributed by atoms with Gasteiger partial charge in [-0.15, -0.1) is 0 Å². The van der Waals surface area contributed by atoms with Crippen LogP contribution in [0.5, 0.6) is 5.75 Å². The van der Waals surface area contributed by atoms with E-state index in [1.54, 1.807) is 19.1 Å². The van der Waals surface area contributed by atoms with Gasteiger partial charge in [-0.2, -0.15) is 0 Å². The summed E-state index contributed by atoms with van der Waals surface area (Å²) in [4.78, 5) is 14.8. The lowest BCUT2D eigenvalue weighted by Crippen LogP contribution is -2.71. The summed E-state index contributed by atoms with van der Waals surface area (Å²) in [6.45, 7) is 3.95. The number of hydrogen-bond donors (Lipinski definition) is 1. The molecular formula is C20H18BrClN2O3S. The number of nitrogens with zero attached hydrogens (tertiary/aromatic N) is 1. The molecule has 0 spiro atoms. The van der Waals surface area contributed by atoms with Crippen molar-refractivity contribution < 1.29 is 14.3 Å². The van der Waals surface area contributed by atoms with Crippen LogP contribution in [0.4, 0.5) is 5.69 Å². The Labute approximate surface area is 182 Å². The number of halogens is 2. The molecule has 0 amide bonds. The van der Waals surface area contributed by atoms with Crippen LogP contribution in [0.15, 0.2) is 46.9 Å². The minimum atomic E-state index is -1.06. The lowest BCUT2D eigenvalue weighted by molar-refractivity contribution is -0.159. The van der Waals surface area contributed by atoms with E-state index in [9.17, 15) is 4.79 Å². The van der Waals surface area contributed by atoms with Gasteiger partial charge in [0.1, 0.15) is 11.7 Å². The Morgan fingerprint density at radius 2 is 2.07 bits per heavy atom. The van der Waals surface area contributed by atoms with Crippen molar-refractivity contribution in [2.45, 2.75) is 25.6 Å². The highest BCUT2D eigenvalue weighted by molar-refractivity contribution is 9.10. The fraction of sp³-hybridized carbons (Fsp3) is 0.300. The largest absolute Gasteiger partial charge is 0.466 e. The predicted molar refractivity (Wildman–Crippen MR) is 116 cm³/mol. The van der Waals surface area contributed by atoms with Gasteiger partial charge in [0.15, 0.2) is 5.11 Å². The number of fused-ring (bicyclic) bond motifs is 4. The molecule has 5 nitrogen and oxygen atoms in total. The summed E-state index contributed by atoms with van der Waals surface area (Å²) in [5, 5.41) is 4.42. The van der Waals surface area contributed by atoms with Gasteiger partial charge < -0.3 is 14.8 Å². The van der Waals surface area contributed by atoms with Gasteiger partial charge in [-0.05, 0) is 68.5 Å². The first-order valence-corrected chi connectivity index (χ1v) is 10.4. The zero-order valence-electron chi connectivity index (χ0n) is 15.2. The van der Waals surface area contributed by atoms with E-state index in [0.717, 1.165) is 15.7 Å². The van der Waals surface area contributed by atoms with Crippen LogP contribution in [0.1, 0.15) is 25.5 Å². The summed E-state index contributed by atoms with van der Waals surface area (Å²) in [5.41, 5.74) is 0.578. The van der Waals surface area contributed by atoms with E-state index in [-0.39, 0.29) is 18.6 Å². The van der Waals surface area contributed by atoms with Crippen molar-refractivity contribution in [3.63, 3.8) is 0 Å². The highest BCUT2D eigenvalue weighted by Crippen LogP contribution is 2.50. The van der Waals surface area contributed by atoms with Gasteiger partial charge in [-0.25, -0.2) is 0 Å². The summed E-state index contributed by atoms with van der Waals surface area (Å²) < 4.78 is 12.7. The van der Waals surface area contributed by atoms with Crippen molar-refractivity contribution in [2.75, 3.05) is 11.5 Å². The fourth-order valence-electron chi connectivity index (χ4n) is 3.93. The minimum Gasteiger partial charge on any atom is -0.466 e. The van der Waals surface area contributed by atoms with Crippen molar-refractivity contribution in [2.24, 2.45) is 5.92 Å². The van der Waals surface area contributed by atoms with Gasteiger partial charge in [0, 0.05) is 20.7 Å². The third kappa shape index (κ3) is 3.06. The van der Waals surface area contributed by atoms with E-state index in [0.29, 0.717) is 15.9 Å². The molecule has 0 aliphatic carbocycles. The molecule has 3 atom stereocenters. The molecule has 0 unspecified atom stereocenters. The second kappa shape index (κ2) is 7.21. The molecule has 0 radical (unpaired) electrons. The van der Waals surface area contributed by atoms with Crippen LogP contribution in [0.25, 0.3) is 0 Å². The van der Waals surface area contributed by atoms with Crippen molar-refractivity contribution >= 4 is 56.5 Å². The van der Waals surface area contributed by atoms with Crippen molar-refractivity contribution in [3.8, 4) is 5.75 Å². The highest BCUT2D eigenvalue weighted by atomic mass is 79.9. The minimum absolute atomic E-state index is 0.287. The van der Waals surface area contributed by atoms with Gasteiger partial charge in [0.05, 0.1) is 12.6 Å². The number of anilines is 1. The van der Waals surface area contributed by atoms with Crippen molar-refractivity contribution in [1.29, 1.82) is 0 Å². The molecule has 2 heterocycles. The number of carbonyl (C=O) groups is 1. The molecule has 4 rings (SSSR count). The number of ether oxygens (including phenoxy) is 2. The number of thiocarbonyl (C=S) groups is 1. The second-order valence-electron chi connectivity index (χ2n) is 6.81. The monoisotopic (exact) mass is 480 g/mol. The van der Waals surface area contributed by atoms with E-state index in [2.05, 4.69) is 21.2 Å². The van der Waals surface area contributed by atoms with Crippen LogP contribution in [0, 0.1) is 5.92 Å². The first kappa shape index (κ1) is 19.5. The van der Waals surface area contributed by atoms with E-state index in [1.165, 1.54) is 0 Å². The summed E-state index contributed by atoms with van der Waals surface area (Å²) in [6.07, 6.45) is 0. The number of esters is 1. The molecule has 1 saturated heterocycles. The molecule has 0 aromatic heterocycles. The Morgan fingerprint density at radius 3 is 2.75 bits per heavy atom. The predicted octanol–water partition coefficient (Wildman–Crippen LogP) is 4.83. The summed E-state index contributed by atoms with van der Waals surface area (Å²) in [5.74, 6) is -0.267. The molecule has 0 saturated carbocycles. The number of benzene rings is 2. The maximum atomic E-state index is 13.0. The van der Waals surface area contributed by atoms with E-state index in [4.69, 9.17) is 33.3 Å². The molecule has 1 N–H and O–H groups in total. The number of nitrogens with one attached hydrogen (secondary N) is 1. The first-order chi connectivity index (χ1) is 13.3. The number of carbonyl (C=O) groups excluding carboxylic acids is 1. The third-order valence-electron chi connectivity index (χ3n) is 5.09. The number of rotatable bonds is 3. The topological polar surface area (TPSA) is 50.8 Å². The van der Waals surface area contributed by atoms with Crippen LogP contribution in [0.3, 0.4) is 0 Å². The Morgan fingerprint density at radius 1 is 1.36 bits per heavy atom. The van der Waals surface area contributed by atoms with Gasteiger partial charge in [0.2, 0.25) is 5.72 Å². The Hall–Kier alpha value is -1.83. The van der Waals surface area contributed by atoms with Gasteiger partial charge in [-0.3, -0.25) is 9.69 Å². The van der Waals surface area contributed by atoms with Crippen molar-refractivity contribution in [1.82, 2.24) is 5.32 Å². The molecule has 2 aliphatic rings. The average molecular weight is 482 g/mol. The fourth-order valence-corrected chi connectivity index (χ4v) is 4.84. The SMILES string of the molecule is CCOC(=O)[C@H]1[C@H]2NC(=S)N(c3ccc(Cl)cc3)[C@@]1(C)Oc1ccc(Br)cc12. The van der Waals surface area contributed by atoms with Crippen LogP contribution >= 0.6 is 39.7 Å². The average Bonchev–Trinajstić information content (AvgIpc) is 2.63. The molecule has 2 aliphatic heterocycles. The number of hydrogen-bond acceptors (Lipinski definition) is 4. The molecule has 28 heavy (non-hydrogen) atoms. The van der Waals surface area contributed by atoms with Crippen LogP contribution in [0.2, 0.25) is 5.02 Å². The first-order valence-electron chi connectivity index (χ1n) is 8.86. The van der Waals surface area contributed by atoms with E-state index in [1.807, 2.05) is 42.2 Å². The lowest BCUT2D eigenvalue weighted by atomic mass is 9.79. The van der Waals surface area contributed by atoms with E-state index < -0.39 is 11.6 Å². The second-order valence-corrected chi connectivity index (χ2v) is 8.55. The Bertz CT molecular complexity index is 955. The summed E-state index contributed by atoms with van der Waals surface area (Å²) in [6, 6.07) is 12.6. The highest BCUT2D eigenvalue weighted by Gasteiger charge is 2.59. The molecule has 1 fully saturated rings. The van der Waals surface area contributed by atoms with E-state index >= 15 is 0 Å². The molecule has 146 valence electrons. The van der Waals surface area contributed by atoms with Crippen LogP contribution < -0.4 is 15.0 Å². The molecule has 2 aromatic carbocycles. The molecular weight excluding hydrogens is 464 g/mol. The maximum absolute atomic E-state index is 13.0. The summed E-state index contributed by atoms with van der Waals surface area (Å²) in [7, 11) is 0. The van der Waals surface area contributed by atoms with Crippen LogP contribution in [-0.2, 0) is 9.53 Å². The van der Waals surface area contributed by atoms with Gasteiger partial charge in [-0.1, -0.05) is 27.5 Å². The molecule has 8 heteroatoms. The lowest BCUT2D eigenvalue weighted by Gasteiger charge is -2.55. The smallest absolute Gasteiger partial charge is 0.317 e. The quantitative estimate of drug-likeness (QED) is 0.501.